The Bertz CT molecular complexity index is 1360. The normalized spacial score (nSPS) is 20.5. The maximum Gasteiger partial charge on any atom is 0.416 e. The quantitative estimate of drug-likeness (QED) is 0.421. The zero-order chi connectivity index (χ0) is 26.5. The number of aryl methyl sites for hydroxylation is 1. The molecule has 0 bridgehead atoms. The summed E-state index contributed by atoms with van der Waals surface area (Å²) >= 11 is 0. The number of carboxylic acid groups (broad SMARTS) is 1. The molecule has 7 nitrogen and oxygen atoms in total. The average molecular weight is 513 g/mol. The Morgan fingerprint density at radius 2 is 1.84 bits per heavy atom. The van der Waals surface area contributed by atoms with Crippen molar-refractivity contribution in [3.8, 4) is 5.75 Å². The van der Waals surface area contributed by atoms with Crippen LogP contribution in [0.2, 0.25) is 0 Å². The van der Waals surface area contributed by atoms with Gasteiger partial charge >= 0.3 is 12.1 Å². The van der Waals surface area contributed by atoms with Crippen LogP contribution in [0.15, 0.2) is 42.6 Å². The van der Waals surface area contributed by atoms with E-state index in [0.29, 0.717) is 42.8 Å². The lowest BCUT2D eigenvalue weighted by Gasteiger charge is -2.54. The molecule has 0 radical (unpaired) electrons. The molecule has 37 heavy (non-hydrogen) atoms. The molecular formula is C28H30F2N2O5. The molecule has 1 aromatic heterocycles. The lowest BCUT2D eigenvalue weighted by molar-refractivity contribution is -0.186. The number of benzene rings is 2. The maximum absolute atomic E-state index is 14.0. The van der Waals surface area contributed by atoms with E-state index >= 15 is 0 Å². The van der Waals surface area contributed by atoms with Crippen LogP contribution >= 0.6 is 0 Å². The predicted octanol–water partition coefficient (Wildman–Crippen LogP) is 6.02. The fourth-order valence-corrected chi connectivity index (χ4v) is 6.29. The molecule has 2 fully saturated rings. The molecule has 2 heterocycles. The number of likely N-dealkylation sites (tertiary alicyclic amines) is 1. The molecule has 5 rings (SSSR count). The molecule has 2 aliphatic rings. The summed E-state index contributed by atoms with van der Waals surface area (Å²) in [7, 11) is 2.91. The Hall–Kier alpha value is -3.46. The van der Waals surface area contributed by atoms with E-state index in [1.54, 1.807) is 25.3 Å². The van der Waals surface area contributed by atoms with E-state index in [4.69, 9.17) is 9.47 Å². The van der Waals surface area contributed by atoms with Gasteiger partial charge in [-0.3, -0.25) is 9.47 Å². The summed E-state index contributed by atoms with van der Waals surface area (Å²) in [4.78, 5) is 26.0. The minimum atomic E-state index is -2.62. The lowest BCUT2D eigenvalue weighted by Crippen LogP contribution is -2.53. The minimum absolute atomic E-state index is 0.107. The number of fused-ring (bicyclic) bond motifs is 1. The van der Waals surface area contributed by atoms with Crippen molar-refractivity contribution in [2.45, 2.75) is 51.1 Å². The molecule has 2 aromatic carbocycles. The number of hydrogen-bond acceptors (Lipinski definition) is 5. The Labute approximate surface area is 213 Å². The Morgan fingerprint density at radius 1 is 1.14 bits per heavy atom. The number of carbonyl (C=O) groups excluding carboxylic acids is 1. The topological polar surface area (TPSA) is 81.0 Å². The van der Waals surface area contributed by atoms with E-state index in [9.17, 15) is 23.5 Å². The van der Waals surface area contributed by atoms with Gasteiger partial charge in [-0.15, -0.1) is 0 Å². The molecular weight excluding hydrogens is 482 g/mol. The van der Waals surface area contributed by atoms with Gasteiger partial charge in [0, 0.05) is 42.6 Å². The number of esters is 1. The molecule has 1 saturated carbocycles. The van der Waals surface area contributed by atoms with Crippen LogP contribution in [0.25, 0.3) is 10.9 Å². The van der Waals surface area contributed by atoms with Crippen LogP contribution < -0.4 is 4.74 Å². The van der Waals surface area contributed by atoms with Gasteiger partial charge in [-0.1, -0.05) is 12.1 Å². The first-order valence-corrected chi connectivity index (χ1v) is 12.3. The largest absolute Gasteiger partial charge is 0.496 e. The van der Waals surface area contributed by atoms with Crippen molar-refractivity contribution < 1.29 is 33.0 Å². The van der Waals surface area contributed by atoms with E-state index in [1.807, 2.05) is 25.1 Å². The van der Waals surface area contributed by atoms with Crippen LogP contribution in [0.5, 0.6) is 5.75 Å². The summed E-state index contributed by atoms with van der Waals surface area (Å²) in [5.74, 6) is -2.40. The molecule has 1 saturated heterocycles. The number of alkyl halides is 2. The first-order chi connectivity index (χ1) is 17.6. The monoisotopic (exact) mass is 512 g/mol. The summed E-state index contributed by atoms with van der Waals surface area (Å²) in [5.41, 5.74) is 3.20. The van der Waals surface area contributed by atoms with E-state index in [-0.39, 0.29) is 18.9 Å². The van der Waals surface area contributed by atoms with Crippen LogP contribution in [0.1, 0.15) is 58.8 Å². The highest BCUT2D eigenvalue weighted by Crippen LogP contribution is 2.60. The molecule has 9 heteroatoms. The molecule has 3 aromatic rings. The fraction of sp³-hybridized carbons (Fsp3) is 0.429. The second-order valence-electron chi connectivity index (χ2n) is 10.4. The number of methoxy groups -OCH3 is 2. The number of halogens is 2. The zero-order valence-corrected chi connectivity index (χ0v) is 21.1. The van der Waals surface area contributed by atoms with E-state index in [2.05, 4.69) is 4.90 Å². The number of carbonyl (C=O) groups is 2. The van der Waals surface area contributed by atoms with Gasteiger partial charge in [0.2, 0.25) is 5.92 Å². The van der Waals surface area contributed by atoms with Gasteiger partial charge in [0.25, 0.3) is 0 Å². The highest BCUT2D eigenvalue weighted by molar-refractivity contribution is 5.94. The van der Waals surface area contributed by atoms with Crippen molar-refractivity contribution >= 4 is 23.0 Å². The molecule has 1 spiro atoms. The first kappa shape index (κ1) is 25.2. The van der Waals surface area contributed by atoms with Crippen LogP contribution in [0, 0.1) is 12.3 Å². The summed E-state index contributed by atoms with van der Waals surface area (Å²) in [6.45, 7) is 2.91. The van der Waals surface area contributed by atoms with Gasteiger partial charge in [-0.05, 0) is 67.1 Å². The van der Waals surface area contributed by atoms with Gasteiger partial charge in [0.1, 0.15) is 5.75 Å². The van der Waals surface area contributed by atoms with Crippen LogP contribution in [-0.2, 0) is 11.3 Å². The first-order valence-electron chi connectivity index (χ1n) is 12.3. The summed E-state index contributed by atoms with van der Waals surface area (Å²) < 4.78 is 39.7. The number of nitrogens with zero attached hydrogens (tertiary/aromatic N) is 2. The predicted molar refractivity (Wildman–Crippen MR) is 133 cm³/mol. The van der Waals surface area contributed by atoms with Crippen molar-refractivity contribution in [3.05, 3.63) is 64.8 Å². The van der Waals surface area contributed by atoms with E-state index in [0.717, 1.165) is 22.1 Å². The summed E-state index contributed by atoms with van der Waals surface area (Å²) in [5, 5.41) is 10.5. The highest BCUT2D eigenvalue weighted by atomic mass is 19.3. The number of piperidine rings is 1. The van der Waals surface area contributed by atoms with Crippen LogP contribution in [0.3, 0.4) is 0 Å². The standard InChI is InChI=1S/C28H30F2N2O5/c1-17-12-23(36-2)21(20-8-10-32(24(17)20)26(34)35)14-31-11-9-27(15-28(29,30)16-27)13-22(31)18-4-6-19(7-5-18)25(33)37-3/h4-8,10,12,22H,9,11,13-16H2,1-3H3,(H,34,35). The van der Waals surface area contributed by atoms with E-state index in [1.165, 1.54) is 17.9 Å². The van der Waals surface area contributed by atoms with Crippen molar-refractivity contribution in [1.82, 2.24) is 9.47 Å². The molecule has 1 unspecified atom stereocenters. The smallest absolute Gasteiger partial charge is 0.416 e. The minimum Gasteiger partial charge on any atom is -0.496 e. The van der Waals surface area contributed by atoms with Gasteiger partial charge in [0.15, 0.2) is 0 Å². The Balaban J connectivity index is 1.53. The van der Waals surface area contributed by atoms with Crippen LogP contribution in [-0.4, -0.2) is 53.3 Å². The molecule has 1 atom stereocenters. The van der Waals surface area contributed by atoms with E-state index < -0.39 is 23.4 Å². The second kappa shape index (κ2) is 9.13. The summed E-state index contributed by atoms with van der Waals surface area (Å²) in [6, 6.07) is 10.6. The van der Waals surface area contributed by atoms with Crippen molar-refractivity contribution in [3.63, 3.8) is 0 Å². The third kappa shape index (κ3) is 4.45. The second-order valence-corrected chi connectivity index (χ2v) is 10.4. The van der Waals surface area contributed by atoms with Crippen molar-refractivity contribution in [1.29, 1.82) is 0 Å². The fourth-order valence-electron chi connectivity index (χ4n) is 6.29. The third-order valence-corrected chi connectivity index (χ3v) is 8.00. The van der Waals surface area contributed by atoms with Crippen molar-refractivity contribution in [2.75, 3.05) is 20.8 Å². The molecule has 1 aliphatic carbocycles. The number of ether oxygens (including phenoxy) is 2. The highest BCUT2D eigenvalue weighted by Gasteiger charge is 2.58. The number of aromatic nitrogens is 1. The maximum atomic E-state index is 14.0. The average Bonchev–Trinajstić information content (AvgIpc) is 3.31. The number of hydrogen-bond donors (Lipinski definition) is 1. The number of rotatable bonds is 5. The molecule has 1 N–H and O–H groups in total. The SMILES string of the molecule is COC(=O)c1ccc(C2CC3(CCN2Cc2c(OC)cc(C)c4c2ccn4C(=O)O)CC(F)(F)C3)cc1. The zero-order valence-electron chi connectivity index (χ0n) is 21.1. The van der Waals surface area contributed by atoms with Gasteiger partial charge < -0.3 is 14.6 Å². The van der Waals surface area contributed by atoms with Crippen LogP contribution in [0.4, 0.5) is 13.6 Å². The molecule has 0 amide bonds. The lowest BCUT2D eigenvalue weighted by atomic mass is 9.59. The summed E-state index contributed by atoms with van der Waals surface area (Å²) in [6.07, 6.45) is 1.49. The van der Waals surface area contributed by atoms with Gasteiger partial charge in [0.05, 0.1) is 25.3 Å². The third-order valence-electron chi connectivity index (χ3n) is 8.00. The Morgan fingerprint density at radius 3 is 2.43 bits per heavy atom. The Kier molecular flexibility index (Phi) is 6.22. The van der Waals surface area contributed by atoms with Crippen molar-refractivity contribution in [2.24, 2.45) is 5.41 Å². The molecule has 196 valence electrons. The van der Waals surface area contributed by atoms with Gasteiger partial charge in [-0.25, -0.2) is 18.4 Å². The molecule has 1 aliphatic heterocycles. The van der Waals surface area contributed by atoms with Gasteiger partial charge in [-0.2, -0.15) is 0 Å².